The number of imide groups is 1. The molecule has 2 aromatic rings. The molecule has 0 aliphatic rings. The van der Waals surface area contributed by atoms with Gasteiger partial charge in [0.15, 0.2) is 0 Å². The van der Waals surface area contributed by atoms with E-state index >= 15 is 0 Å². The van der Waals surface area contributed by atoms with Gasteiger partial charge in [-0.1, -0.05) is 31.9 Å². The molecule has 0 heterocycles. The van der Waals surface area contributed by atoms with Crippen LogP contribution in [0.15, 0.2) is 57.5 Å². The van der Waals surface area contributed by atoms with Crippen LogP contribution in [0.1, 0.15) is 6.92 Å². The van der Waals surface area contributed by atoms with Gasteiger partial charge in [-0.3, -0.25) is 4.79 Å². The molecule has 0 aliphatic carbocycles. The van der Waals surface area contributed by atoms with Crippen LogP contribution >= 0.6 is 31.9 Å². The zero-order chi connectivity index (χ0) is 15.4. The van der Waals surface area contributed by atoms with Gasteiger partial charge in [0.2, 0.25) is 5.91 Å². The Hall–Kier alpha value is -1.66. The molecule has 0 atom stereocenters. The van der Waals surface area contributed by atoms with E-state index in [4.69, 9.17) is 0 Å². The van der Waals surface area contributed by atoms with Crippen molar-refractivity contribution in [2.45, 2.75) is 6.92 Å². The van der Waals surface area contributed by atoms with Crippen LogP contribution in [0.2, 0.25) is 0 Å². The van der Waals surface area contributed by atoms with Gasteiger partial charge in [0, 0.05) is 21.6 Å². The number of nitrogens with zero attached hydrogens (tertiary/aromatic N) is 1. The van der Waals surface area contributed by atoms with Crippen LogP contribution in [-0.2, 0) is 4.79 Å². The Kier molecular flexibility index (Phi) is 5.14. The first-order valence-electron chi connectivity index (χ1n) is 6.10. The fourth-order valence-corrected chi connectivity index (χ4v) is 2.27. The third-order valence-corrected chi connectivity index (χ3v) is 3.76. The van der Waals surface area contributed by atoms with E-state index in [1.807, 2.05) is 12.1 Å². The first-order valence-corrected chi connectivity index (χ1v) is 7.69. The van der Waals surface area contributed by atoms with E-state index < -0.39 is 6.03 Å². The summed E-state index contributed by atoms with van der Waals surface area (Å²) in [5.41, 5.74) is 1.13. The number of rotatable bonds is 2. The number of carbonyl (C=O) groups is 2. The molecular weight excluding hydrogens is 400 g/mol. The van der Waals surface area contributed by atoms with Crippen LogP contribution in [0.25, 0.3) is 0 Å². The van der Waals surface area contributed by atoms with Crippen molar-refractivity contribution in [3.63, 3.8) is 0 Å². The van der Waals surface area contributed by atoms with Gasteiger partial charge in [-0.05, 0) is 48.5 Å². The first kappa shape index (κ1) is 15.7. The van der Waals surface area contributed by atoms with Crippen LogP contribution in [0, 0.1) is 0 Å². The van der Waals surface area contributed by atoms with Crippen molar-refractivity contribution >= 4 is 55.2 Å². The zero-order valence-corrected chi connectivity index (χ0v) is 14.3. The van der Waals surface area contributed by atoms with Gasteiger partial charge in [-0.25, -0.2) is 9.69 Å². The summed E-state index contributed by atoms with van der Waals surface area (Å²) < 4.78 is 1.79. The Morgan fingerprint density at radius 3 is 1.86 bits per heavy atom. The minimum Gasteiger partial charge on any atom is -0.307 e. The van der Waals surface area contributed by atoms with Crippen LogP contribution in [-0.4, -0.2) is 11.9 Å². The second-order valence-electron chi connectivity index (χ2n) is 4.27. The third kappa shape index (κ3) is 4.15. The number of nitrogens with one attached hydrogen (secondary N) is 1. The smallest absolute Gasteiger partial charge is 0.307 e. The van der Waals surface area contributed by atoms with Gasteiger partial charge in [-0.15, -0.1) is 0 Å². The Balaban J connectivity index is 2.22. The number of carbonyl (C=O) groups excluding carboxylic acids is 2. The molecule has 108 valence electrons. The number of urea groups is 1. The lowest BCUT2D eigenvalue weighted by atomic mass is 10.3. The predicted octanol–water partition coefficient (Wildman–Crippen LogP) is 4.80. The molecule has 0 fully saturated rings. The molecule has 0 spiro atoms. The standard InChI is InChI=1S/C15H12Br2N2O2/c1-10(20)19(14-8-4-12(17)5-9-14)15(21)18-13-6-2-11(16)3-7-13/h2-9H,1H3,(H,18,21). The Labute approximate surface area is 139 Å². The van der Waals surface area contributed by atoms with Crippen molar-refractivity contribution in [1.29, 1.82) is 0 Å². The molecule has 21 heavy (non-hydrogen) atoms. The van der Waals surface area contributed by atoms with Crippen molar-refractivity contribution in [2.24, 2.45) is 0 Å². The summed E-state index contributed by atoms with van der Waals surface area (Å²) in [4.78, 5) is 25.1. The highest BCUT2D eigenvalue weighted by atomic mass is 79.9. The van der Waals surface area contributed by atoms with Crippen LogP contribution < -0.4 is 10.2 Å². The van der Waals surface area contributed by atoms with Gasteiger partial charge < -0.3 is 5.32 Å². The van der Waals surface area contributed by atoms with Gasteiger partial charge in [0.25, 0.3) is 0 Å². The lowest BCUT2D eigenvalue weighted by Crippen LogP contribution is -2.38. The van der Waals surface area contributed by atoms with Crippen molar-refractivity contribution < 1.29 is 9.59 Å². The van der Waals surface area contributed by atoms with Gasteiger partial charge >= 0.3 is 6.03 Å². The third-order valence-electron chi connectivity index (χ3n) is 2.70. The summed E-state index contributed by atoms with van der Waals surface area (Å²) in [5.74, 6) is -0.355. The molecule has 0 aromatic heterocycles. The lowest BCUT2D eigenvalue weighted by Gasteiger charge is -2.20. The summed E-state index contributed by atoms with van der Waals surface area (Å²) in [6, 6.07) is 13.6. The van der Waals surface area contributed by atoms with E-state index in [0.717, 1.165) is 13.8 Å². The van der Waals surface area contributed by atoms with E-state index in [1.54, 1.807) is 36.4 Å². The minimum atomic E-state index is -0.493. The van der Waals surface area contributed by atoms with Gasteiger partial charge in [0.05, 0.1) is 5.69 Å². The maximum Gasteiger partial charge on any atom is 0.333 e. The summed E-state index contributed by atoms with van der Waals surface area (Å²) in [6.45, 7) is 1.35. The first-order chi connectivity index (χ1) is 9.97. The largest absolute Gasteiger partial charge is 0.333 e. The fraction of sp³-hybridized carbons (Fsp3) is 0.0667. The SMILES string of the molecule is CC(=O)N(C(=O)Nc1ccc(Br)cc1)c1ccc(Br)cc1. The number of hydrogen-bond acceptors (Lipinski definition) is 2. The summed E-state index contributed by atoms with van der Waals surface area (Å²) in [7, 11) is 0. The molecule has 0 saturated heterocycles. The Morgan fingerprint density at radius 1 is 0.905 bits per heavy atom. The summed E-state index contributed by atoms with van der Waals surface area (Å²) in [5, 5.41) is 2.70. The summed E-state index contributed by atoms with van der Waals surface area (Å²) in [6.07, 6.45) is 0. The minimum absolute atomic E-state index is 0.355. The van der Waals surface area contributed by atoms with Crippen molar-refractivity contribution in [2.75, 3.05) is 10.2 Å². The maximum absolute atomic E-state index is 12.3. The highest BCUT2D eigenvalue weighted by Crippen LogP contribution is 2.20. The highest BCUT2D eigenvalue weighted by molar-refractivity contribution is 9.10. The topological polar surface area (TPSA) is 49.4 Å². The molecule has 2 rings (SSSR count). The van der Waals surface area contributed by atoms with Crippen molar-refractivity contribution in [3.8, 4) is 0 Å². The van der Waals surface area contributed by atoms with Gasteiger partial charge in [0.1, 0.15) is 0 Å². The molecule has 2 aromatic carbocycles. The molecule has 0 unspecified atom stereocenters. The van der Waals surface area contributed by atoms with Crippen molar-refractivity contribution in [3.05, 3.63) is 57.5 Å². The van der Waals surface area contributed by atoms with Crippen LogP contribution in [0.4, 0.5) is 16.2 Å². The molecular formula is C15H12Br2N2O2. The van der Waals surface area contributed by atoms with E-state index in [1.165, 1.54) is 6.92 Å². The summed E-state index contributed by atoms with van der Waals surface area (Å²) >= 11 is 6.65. The van der Waals surface area contributed by atoms with Crippen LogP contribution in [0.5, 0.6) is 0 Å². The Morgan fingerprint density at radius 2 is 1.38 bits per heavy atom. The Bertz CT molecular complexity index is 654. The molecule has 1 N–H and O–H groups in total. The number of halogens is 2. The van der Waals surface area contributed by atoms with Gasteiger partial charge in [-0.2, -0.15) is 0 Å². The molecule has 0 radical (unpaired) electrons. The average molecular weight is 412 g/mol. The van der Waals surface area contributed by atoms with Crippen molar-refractivity contribution in [1.82, 2.24) is 0 Å². The monoisotopic (exact) mass is 410 g/mol. The zero-order valence-electron chi connectivity index (χ0n) is 11.1. The normalized spacial score (nSPS) is 10.0. The quantitative estimate of drug-likeness (QED) is 0.771. The van der Waals surface area contributed by atoms with E-state index in [-0.39, 0.29) is 5.91 Å². The average Bonchev–Trinajstić information content (AvgIpc) is 2.43. The fourth-order valence-electron chi connectivity index (χ4n) is 1.74. The molecule has 4 nitrogen and oxygen atoms in total. The van der Waals surface area contributed by atoms with E-state index in [2.05, 4.69) is 37.2 Å². The number of anilines is 2. The molecule has 0 saturated carbocycles. The second kappa shape index (κ2) is 6.87. The van der Waals surface area contributed by atoms with E-state index in [0.29, 0.717) is 11.4 Å². The molecule has 0 aliphatic heterocycles. The highest BCUT2D eigenvalue weighted by Gasteiger charge is 2.20. The molecule has 3 amide bonds. The molecule has 6 heteroatoms. The second-order valence-corrected chi connectivity index (χ2v) is 6.10. The molecule has 0 bridgehead atoms. The number of hydrogen-bond donors (Lipinski definition) is 1. The van der Waals surface area contributed by atoms with E-state index in [9.17, 15) is 9.59 Å². The number of benzene rings is 2. The maximum atomic E-state index is 12.3. The number of amides is 3. The lowest BCUT2D eigenvalue weighted by molar-refractivity contribution is -0.115. The predicted molar refractivity (Wildman–Crippen MR) is 90.5 cm³/mol. The van der Waals surface area contributed by atoms with Crippen LogP contribution in [0.3, 0.4) is 0 Å².